The van der Waals surface area contributed by atoms with Gasteiger partial charge in [-0.15, -0.1) is 0 Å². The maximum Gasteiger partial charge on any atom is 0.309 e. The first-order chi connectivity index (χ1) is 6.65. The first-order valence-corrected chi connectivity index (χ1v) is 4.16. The Morgan fingerprint density at radius 1 is 1.79 bits per heavy atom. The topological polar surface area (TPSA) is 70.1 Å². The van der Waals surface area contributed by atoms with Gasteiger partial charge >= 0.3 is 5.97 Å². The highest BCUT2D eigenvalue weighted by Gasteiger charge is 2.00. The Bertz CT molecular complexity index is 355. The van der Waals surface area contributed by atoms with Gasteiger partial charge in [0, 0.05) is 12.6 Å². The number of carbonyl (C=O) groups excluding carboxylic acids is 1. The summed E-state index contributed by atoms with van der Waals surface area (Å²) in [7, 11) is 3.11. The molecule has 0 saturated carbocycles. The molecule has 0 atom stereocenters. The van der Waals surface area contributed by atoms with Crippen molar-refractivity contribution in [2.75, 3.05) is 12.8 Å². The third-order valence-corrected chi connectivity index (χ3v) is 1.82. The average Bonchev–Trinajstić information content (AvgIpc) is 2.49. The predicted molar refractivity (Wildman–Crippen MR) is 53.3 cm³/mol. The number of nitrogens with two attached hydrogens (primary N) is 1. The number of aromatic nitrogens is 2. The summed E-state index contributed by atoms with van der Waals surface area (Å²) in [5.74, 6) is 0.301. The summed E-state index contributed by atoms with van der Waals surface area (Å²) < 4.78 is 6.05. The van der Waals surface area contributed by atoms with Crippen LogP contribution < -0.4 is 5.73 Å². The van der Waals surface area contributed by atoms with E-state index in [1.54, 1.807) is 30.1 Å². The van der Waals surface area contributed by atoms with E-state index in [0.717, 1.165) is 5.56 Å². The van der Waals surface area contributed by atoms with Crippen LogP contribution >= 0.6 is 0 Å². The summed E-state index contributed by atoms with van der Waals surface area (Å²) in [5, 5.41) is 3.96. The van der Waals surface area contributed by atoms with Gasteiger partial charge < -0.3 is 10.5 Å². The Balaban J connectivity index is 2.60. The van der Waals surface area contributed by atoms with Gasteiger partial charge in [-0.05, 0) is 0 Å². The van der Waals surface area contributed by atoms with Crippen LogP contribution in [0, 0.1) is 0 Å². The molecule has 2 N–H and O–H groups in total. The molecule has 0 aromatic carbocycles. The molecule has 0 amide bonds. The molecule has 0 aliphatic carbocycles. The van der Waals surface area contributed by atoms with Crippen LogP contribution in [0.25, 0.3) is 6.08 Å². The number of nitrogens with zero attached hydrogens (tertiary/aromatic N) is 2. The Labute approximate surface area is 82.2 Å². The van der Waals surface area contributed by atoms with Gasteiger partial charge in [-0.2, -0.15) is 5.10 Å². The van der Waals surface area contributed by atoms with Crippen LogP contribution in [0.5, 0.6) is 0 Å². The van der Waals surface area contributed by atoms with E-state index in [0.29, 0.717) is 5.82 Å². The number of ether oxygens (including phenoxy) is 1. The Morgan fingerprint density at radius 2 is 2.50 bits per heavy atom. The third kappa shape index (κ3) is 2.35. The number of hydrogen-bond acceptors (Lipinski definition) is 4. The van der Waals surface area contributed by atoms with Crippen LogP contribution in [-0.4, -0.2) is 22.9 Å². The number of carbonyl (C=O) groups is 1. The van der Waals surface area contributed by atoms with Crippen molar-refractivity contribution >= 4 is 17.9 Å². The van der Waals surface area contributed by atoms with Gasteiger partial charge in [0.25, 0.3) is 0 Å². The zero-order valence-corrected chi connectivity index (χ0v) is 8.23. The van der Waals surface area contributed by atoms with Crippen molar-refractivity contribution in [3.05, 3.63) is 17.8 Å². The number of esters is 1. The summed E-state index contributed by atoms with van der Waals surface area (Å²) in [5.41, 5.74) is 6.49. The molecule has 0 aliphatic rings. The molecule has 76 valence electrons. The fourth-order valence-corrected chi connectivity index (χ4v) is 0.958. The second kappa shape index (κ2) is 4.45. The van der Waals surface area contributed by atoms with Crippen molar-refractivity contribution in [3.63, 3.8) is 0 Å². The van der Waals surface area contributed by atoms with Crippen LogP contribution in [0.15, 0.2) is 12.3 Å². The Hall–Kier alpha value is -1.78. The number of methoxy groups -OCH3 is 1. The molecule has 0 fully saturated rings. The van der Waals surface area contributed by atoms with E-state index < -0.39 is 0 Å². The molecular weight excluding hydrogens is 182 g/mol. The van der Waals surface area contributed by atoms with Crippen molar-refractivity contribution < 1.29 is 9.53 Å². The second-order valence-electron chi connectivity index (χ2n) is 2.79. The highest BCUT2D eigenvalue weighted by atomic mass is 16.5. The lowest BCUT2D eigenvalue weighted by Crippen LogP contribution is -1.98. The number of aryl methyl sites for hydroxylation is 1. The van der Waals surface area contributed by atoms with Crippen LogP contribution in [0.4, 0.5) is 5.82 Å². The van der Waals surface area contributed by atoms with E-state index in [4.69, 9.17) is 5.73 Å². The van der Waals surface area contributed by atoms with E-state index in [-0.39, 0.29) is 12.4 Å². The van der Waals surface area contributed by atoms with E-state index in [2.05, 4.69) is 9.84 Å². The molecule has 1 aromatic rings. The number of nitrogen functional groups attached to an aromatic ring is 1. The predicted octanol–water partition coefficient (Wildman–Crippen LogP) is 0.579. The van der Waals surface area contributed by atoms with Gasteiger partial charge in [-0.3, -0.25) is 9.48 Å². The highest BCUT2D eigenvalue weighted by Crippen LogP contribution is 2.11. The van der Waals surface area contributed by atoms with E-state index in [1.165, 1.54) is 7.11 Å². The number of rotatable bonds is 3. The third-order valence-electron chi connectivity index (χ3n) is 1.82. The molecule has 0 saturated heterocycles. The normalized spacial score (nSPS) is 10.7. The smallest absolute Gasteiger partial charge is 0.309 e. The highest BCUT2D eigenvalue weighted by molar-refractivity contribution is 5.73. The second-order valence-corrected chi connectivity index (χ2v) is 2.79. The lowest BCUT2D eigenvalue weighted by Gasteiger charge is -1.94. The van der Waals surface area contributed by atoms with Crippen LogP contribution in [0.3, 0.4) is 0 Å². The summed E-state index contributed by atoms with van der Waals surface area (Å²) >= 11 is 0. The van der Waals surface area contributed by atoms with Gasteiger partial charge in [-0.1, -0.05) is 12.2 Å². The minimum atomic E-state index is -0.274. The van der Waals surface area contributed by atoms with Gasteiger partial charge in [0.15, 0.2) is 0 Å². The average molecular weight is 195 g/mol. The van der Waals surface area contributed by atoms with Crippen molar-refractivity contribution in [1.82, 2.24) is 9.78 Å². The molecule has 5 heteroatoms. The number of hydrogen-bond donors (Lipinski definition) is 1. The maximum atomic E-state index is 10.8. The summed E-state index contributed by atoms with van der Waals surface area (Å²) in [6.45, 7) is 0. The number of anilines is 1. The standard InChI is InChI=1S/C9H13N3O2/c1-12-9(10)7(6-11-12)4-3-5-8(13)14-2/h3-4,6H,5,10H2,1-2H3. The van der Waals surface area contributed by atoms with Crippen molar-refractivity contribution in [2.24, 2.45) is 7.05 Å². The lowest BCUT2D eigenvalue weighted by atomic mass is 10.2. The molecule has 0 aliphatic heterocycles. The Kier molecular flexibility index (Phi) is 3.28. The zero-order valence-electron chi connectivity index (χ0n) is 8.23. The molecule has 0 unspecified atom stereocenters. The molecule has 5 nitrogen and oxygen atoms in total. The molecular formula is C9H13N3O2. The fourth-order valence-electron chi connectivity index (χ4n) is 0.958. The first-order valence-electron chi connectivity index (χ1n) is 4.16. The minimum Gasteiger partial charge on any atom is -0.469 e. The van der Waals surface area contributed by atoms with E-state index in [1.807, 2.05) is 0 Å². The molecule has 0 radical (unpaired) electrons. The molecule has 0 bridgehead atoms. The largest absolute Gasteiger partial charge is 0.469 e. The van der Waals surface area contributed by atoms with Gasteiger partial charge in [0.1, 0.15) is 5.82 Å². The first kappa shape index (κ1) is 10.3. The quantitative estimate of drug-likeness (QED) is 0.716. The van der Waals surface area contributed by atoms with Crippen molar-refractivity contribution in [1.29, 1.82) is 0 Å². The van der Waals surface area contributed by atoms with Crippen LogP contribution in [0.2, 0.25) is 0 Å². The summed E-state index contributed by atoms with van der Waals surface area (Å²) in [4.78, 5) is 10.8. The SMILES string of the molecule is COC(=O)CC=Cc1cnn(C)c1N. The summed E-state index contributed by atoms with van der Waals surface area (Å²) in [6, 6.07) is 0. The monoisotopic (exact) mass is 195 g/mol. The molecule has 1 rings (SSSR count). The zero-order chi connectivity index (χ0) is 10.6. The fraction of sp³-hybridized carbons (Fsp3) is 0.333. The van der Waals surface area contributed by atoms with Crippen LogP contribution in [0.1, 0.15) is 12.0 Å². The van der Waals surface area contributed by atoms with Gasteiger partial charge in [0.05, 0.1) is 19.7 Å². The summed E-state index contributed by atoms with van der Waals surface area (Å²) in [6.07, 6.45) is 5.33. The van der Waals surface area contributed by atoms with E-state index in [9.17, 15) is 4.79 Å². The van der Waals surface area contributed by atoms with Gasteiger partial charge in [-0.25, -0.2) is 0 Å². The van der Waals surface area contributed by atoms with Crippen LogP contribution in [-0.2, 0) is 16.6 Å². The molecule has 1 aromatic heterocycles. The van der Waals surface area contributed by atoms with Gasteiger partial charge in [0.2, 0.25) is 0 Å². The maximum absolute atomic E-state index is 10.8. The molecule has 14 heavy (non-hydrogen) atoms. The lowest BCUT2D eigenvalue weighted by molar-refractivity contribution is -0.139. The van der Waals surface area contributed by atoms with Crippen molar-refractivity contribution in [2.45, 2.75) is 6.42 Å². The van der Waals surface area contributed by atoms with E-state index >= 15 is 0 Å². The van der Waals surface area contributed by atoms with Crippen molar-refractivity contribution in [3.8, 4) is 0 Å². The molecule has 1 heterocycles. The minimum absolute atomic E-state index is 0.241. The Morgan fingerprint density at radius 3 is 3.00 bits per heavy atom. The molecule has 0 spiro atoms.